The number of hydrazine groups is 1. The van der Waals surface area contributed by atoms with Crippen LogP contribution in [0.5, 0.6) is 0 Å². The lowest BCUT2D eigenvalue weighted by Gasteiger charge is -2.11. The Morgan fingerprint density at radius 1 is 0.957 bits per heavy atom. The van der Waals surface area contributed by atoms with Crippen molar-refractivity contribution >= 4 is 11.8 Å². The number of rotatable bonds is 3. The molecule has 0 saturated carbocycles. The summed E-state index contributed by atoms with van der Waals surface area (Å²) in [5, 5.41) is 4.12. The molecule has 2 N–H and O–H groups in total. The molecule has 0 spiro atoms. The zero-order valence-electron chi connectivity index (χ0n) is 12.4. The van der Waals surface area contributed by atoms with Gasteiger partial charge < -0.3 is 4.57 Å². The Balaban J connectivity index is 1.75. The summed E-state index contributed by atoms with van der Waals surface area (Å²) >= 11 is 0. The Bertz CT molecular complexity index is 836. The van der Waals surface area contributed by atoms with E-state index in [1.54, 1.807) is 71.3 Å². The fourth-order valence-electron chi connectivity index (χ4n) is 2.22. The summed E-state index contributed by atoms with van der Waals surface area (Å²) in [6, 6.07) is 12.2. The van der Waals surface area contributed by atoms with E-state index in [0.29, 0.717) is 16.9 Å². The SMILES string of the molecule is Cn1cccc1C(=O)NNC(=O)c1ccccc1-n1cccn1. The monoisotopic (exact) mass is 309 g/mol. The van der Waals surface area contributed by atoms with Gasteiger partial charge in [0.2, 0.25) is 0 Å². The lowest BCUT2D eigenvalue weighted by molar-refractivity contribution is 0.0842. The van der Waals surface area contributed by atoms with Gasteiger partial charge in [0, 0.05) is 25.6 Å². The van der Waals surface area contributed by atoms with E-state index in [1.165, 1.54) is 0 Å². The van der Waals surface area contributed by atoms with Crippen LogP contribution in [0.4, 0.5) is 0 Å². The summed E-state index contributed by atoms with van der Waals surface area (Å²) in [7, 11) is 1.75. The number of hydrogen-bond acceptors (Lipinski definition) is 3. The van der Waals surface area contributed by atoms with Crippen molar-refractivity contribution in [2.24, 2.45) is 7.05 Å². The highest BCUT2D eigenvalue weighted by Crippen LogP contribution is 2.13. The summed E-state index contributed by atoms with van der Waals surface area (Å²) in [6.45, 7) is 0. The summed E-state index contributed by atoms with van der Waals surface area (Å²) < 4.78 is 3.26. The van der Waals surface area contributed by atoms with Crippen molar-refractivity contribution < 1.29 is 9.59 Å². The van der Waals surface area contributed by atoms with Crippen LogP contribution in [0.15, 0.2) is 61.1 Å². The van der Waals surface area contributed by atoms with Gasteiger partial charge in [-0.2, -0.15) is 5.10 Å². The maximum atomic E-state index is 12.3. The van der Waals surface area contributed by atoms with Gasteiger partial charge in [-0.05, 0) is 30.3 Å². The fraction of sp³-hybridized carbons (Fsp3) is 0.0625. The van der Waals surface area contributed by atoms with E-state index in [2.05, 4.69) is 16.0 Å². The van der Waals surface area contributed by atoms with Gasteiger partial charge in [0.05, 0.1) is 11.3 Å². The van der Waals surface area contributed by atoms with E-state index in [0.717, 1.165) is 0 Å². The maximum Gasteiger partial charge on any atom is 0.286 e. The van der Waals surface area contributed by atoms with Gasteiger partial charge >= 0.3 is 0 Å². The normalized spacial score (nSPS) is 10.3. The first kappa shape index (κ1) is 14.6. The van der Waals surface area contributed by atoms with E-state index < -0.39 is 5.91 Å². The topological polar surface area (TPSA) is 81.0 Å². The average Bonchev–Trinajstić information content (AvgIpc) is 3.23. The number of amides is 2. The smallest absolute Gasteiger partial charge is 0.286 e. The van der Waals surface area contributed by atoms with Crippen LogP contribution in [0, 0.1) is 0 Å². The largest absolute Gasteiger partial charge is 0.347 e. The number of nitrogens with zero attached hydrogens (tertiary/aromatic N) is 3. The van der Waals surface area contributed by atoms with Crippen molar-refractivity contribution in [3.63, 3.8) is 0 Å². The number of carbonyl (C=O) groups excluding carboxylic acids is 2. The maximum absolute atomic E-state index is 12.3. The van der Waals surface area contributed by atoms with Gasteiger partial charge in [0.1, 0.15) is 5.69 Å². The molecule has 3 rings (SSSR count). The lowest BCUT2D eigenvalue weighted by atomic mass is 10.1. The van der Waals surface area contributed by atoms with Gasteiger partial charge in [0.15, 0.2) is 0 Å². The molecule has 7 heteroatoms. The second-order valence-electron chi connectivity index (χ2n) is 4.88. The molecule has 0 fully saturated rings. The molecule has 0 aliphatic carbocycles. The Hall–Kier alpha value is -3.35. The molecule has 0 radical (unpaired) electrons. The van der Waals surface area contributed by atoms with Crippen molar-refractivity contribution in [1.82, 2.24) is 25.2 Å². The highest BCUT2D eigenvalue weighted by Gasteiger charge is 2.14. The molecule has 2 amide bonds. The number of carbonyl (C=O) groups is 2. The van der Waals surface area contributed by atoms with Crippen LogP contribution in [0.2, 0.25) is 0 Å². The number of aromatic nitrogens is 3. The Morgan fingerprint density at radius 2 is 1.74 bits per heavy atom. The van der Waals surface area contributed by atoms with Gasteiger partial charge in [-0.1, -0.05) is 12.1 Å². The molecule has 3 aromatic rings. The molecule has 0 unspecified atom stereocenters. The van der Waals surface area contributed by atoms with Crippen molar-refractivity contribution in [3.05, 3.63) is 72.3 Å². The van der Waals surface area contributed by atoms with E-state index >= 15 is 0 Å². The van der Waals surface area contributed by atoms with Gasteiger partial charge in [-0.15, -0.1) is 0 Å². The first-order valence-corrected chi connectivity index (χ1v) is 6.98. The predicted octanol–water partition coefficient (Wildman–Crippen LogP) is 1.29. The van der Waals surface area contributed by atoms with E-state index in [4.69, 9.17) is 0 Å². The third kappa shape index (κ3) is 2.98. The Labute approximate surface area is 132 Å². The predicted molar refractivity (Wildman–Crippen MR) is 83.9 cm³/mol. The van der Waals surface area contributed by atoms with Crippen LogP contribution in [0.25, 0.3) is 5.69 Å². The number of para-hydroxylation sites is 1. The second kappa shape index (κ2) is 6.18. The van der Waals surface area contributed by atoms with Crippen LogP contribution >= 0.6 is 0 Å². The molecule has 0 atom stereocenters. The van der Waals surface area contributed by atoms with Crippen LogP contribution in [0.1, 0.15) is 20.8 Å². The molecular formula is C16H15N5O2. The molecule has 116 valence electrons. The molecular weight excluding hydrogens is 294 g/mol. The summed E-state index contributed by atoms with van der Waals surface area (Å²) in [5.41, 5.74) is 6.31. The highest BCUT2D eigenvalue weighted by atomic mass is 16.2. The van der Waals surface area contributed by atoms with Gasteiger partial charge in [0.25, 0.3) is 11.8 Å². The molecule has 1 aromatic carbocycles. The first-order valence-electron chi connectivity index (χ1n) is 6.98. The molecule has 0 bridgehead atoms. The van der Waals surface area contributed by atoms with E-state index in [9.17, 15) is 9.59 Å². The third-order valence-corrected chi connectivity index (χ3v) is 3.37. The molecule has 0 saturated heterocycles. The minimum Gasteiger partial charge on any atom is -0.347 e. The quantitative estimate of drug-likeness (QED) is 0.715. The average molecular weight is 309 g/mol. The number of hydrogen-bond donors (Lipinski definition) is 2. The molecule has 2 aromatic heterocycles. The zero-order valence-corrected chi connectivity index (χ0v) is 12.4. The number of benzene rings is 1. The van der Waals surface area contributed by atoms with Crippen LogP contribution in [-0.4, -0.2) is 26.2 Å². The van der Waals surface area contributed by atoms with Crippen LogP contribution in [-0.2, 0) is 7.05 Å². The lowest BCUT2D eigenvalue weighted by Crippen LogP contribution is -2.42. The van der Waals surface area contributed by atoms with E-state index in [1.807, 2.05) is 6.07 Å². The van der Waals surface area contributed by atoms with Crippen LogP contribution < -0.4 is 10.9 Å². The van der Waals surface area contributed by atoms with Gasteiger partial charge in [-0.3, -0.25) is 20.4 Å². The Morgan fingerprint density at radius 3 is 2.43 bits per heavy atom. The summed E-state index contributed by atoms with van der Waals surface area (Å²) in [5.74, 6) is -0.805. The summed E-state index contributed by atoms with van der Waals surface area (Å²) in [6.07, 6.45) is 5.13. The number of nitrogens with one attached hydrogen (secondary N) is 2. The molecule has 2 heterocycles. The first-order chi connectivity index (χ1) is 11.2. The van der Waals surface area contributed by atoms with Crippen molar-refractivity contribution in [2.45, 2.75) is 0 Å². The van der Waals surface area contributed by atoms with E-state index in [-0.39, 0.29) is 5.91 Å². The van der Waals surface area contributed by atoms with Crippen molar-refractivity contribution in [1.29, 1.82) is 0 Å². The molecule has 7 nitrogen and oxygen atoms in total. The zero-order chi connectivity index (χ0) is 16.2. The molecule has 23 heavy (non-hydrogen) atoms. The minimum absolute atomic E-state index is 0.387. The summed E-state index contributed by atoms with van der Waals surface area (Å²) in [4.78, 5) is 24.4. The molecule has 0 aliphatic rings. The molecule has 0 aliphatic heterocycles. The second-order valence-corrected chi connectivity index (χ2v) is 4.88. The van der Waals surface area contributed by atoms with Crippen LogP contribution in [0.3, 0.4) is 0 Å². The van der Waals surface area contributed by atoms with Crippen molar-refractivity contribution in [2.75, 3.05) is 0 Å². The highest BCUT2D eigenvalue weighted by molar-refractivity contribution is 6.00. The third-order valence-electron chi connectivity index (χ3n) is 3.37. The minimum atomic E-state index is -0.418. The fourth-order valence-corrected chi connectivity index (χ4v) is 2.22. The Kier molecular flexibility index (Phi) is 3.92. The van der Waals surface area contributed by atoms with Crippen molar-refractivity contribution in [3.8, 4) is 5.69 Å². The van der Waals surface area contributed by atoms with Gasteiger partial charge in [-0.25, -0.2) is 4.68 Å². The standard InChI is InChI=1S/C16H15N5O2/c1-20-10-4-8-14(20)16(23)19-18-15(22)12-6-2-3-7-13(12)21-11-5-9-17-21/h2-11H,1H3,(H,18,22)(H,19,23). The number of aryl methyl sites for hydroxylation is 1.